The average molecular weight is 175 g/mol. The first-order valence-electron chi connectivity index (χ1n) is 3.06. The maximum absolute atomic E-state index is 10.9. The molecule has 5 nitrogen and oxygen atoms in total. The quantitative estimate of drug-likeness (QED) is 0.621. The molecular formula is C5H9N3O2S. The number of thioether (sulfide) groups is 1. The van der Waals surface area contributed by atoms with Crippen LogP contribution in [0.2, 0.25) is 0 Å². The summed E-state index contributed by atoms with van der Waals surface area (Å²) in [6.45, 7) is 0.297. The SMILES string of the molecule is CSCN1CNC(=O)NC1=O. The average Bonchev–Trinajstić information content (AvgIpc) is 1.95. The molecule has 0 bridgehead atoms. The van der Waals surface area contributed by atoms with Crippen LogP contribution in [0.3, 0.4) is 0 Å². The lowest BCUT2D eigenvalue weighted by molar-refractivity contribution is 0.185. The van der Waals surface area contributed by atoms with Crippen LogP contribution in [0, 0.1) is 0 Å². The van der Waals surface area contributed by atoms with Crippen molar-refractivity contribution in [2.45, 2.75) is 0 Å². The van der Waals surface area contributed by atoms with Crippen molar-refractivity contribution in [1.29, 1.82) is 0 Å². The highest BCUT2D eigenvalue weighted by Gasteiger charge is 2.20. The van der Waals surface area contributed by atoms with Gasteiger partial charge in [0.2, 0.25) is 0 Å². The van der Waals surface area contributed by atoms with Gasteiger partial charge in [-0.3, -0.25) is 10.2 Å². The van der Waals surface area contributed by atoms with Crippen LogP contribution in [0.15, 0.2) is 0 Å². The van der Waals surface area contributed by atoms with Gasteiger partial charge in [0.25, 0.3) is 0 Å². The van der Waals surface area contributed by atoms with Crippen LogP contribution in [-0.2, 0) is 0 Å². The van der Waals surface area contributed by atoms with Crippen LogP contribution in [-0.4, -0.2) is 35.8 Å². The largest absolute Gasteiger partial charge is 0.327 e. The molecule has 1 aliphatic heterocycles. The van der Waals surface area contributed by atoms with Gasteiger partial charge in [-0.2, -0.15) is 0 Å². The van der Waals surface area contributed by atoms with Gasteiger partial charge < -0.3 is 5.32 Å². The lowest BCUT2D eigenvalue weighted by atomic mass is 10.6. The Morgan fingerprint density at radius 2 is 2.36 bits per heavy atom. The minimum absolute atomic E-state index is 0.297. The summed E-state index contributed by atoms with van der Waals surface area (Å²) in [4.78, 5) is 23.0. The van der Waals surface area contributed by atoms with Crippen LogP contribution in [0.5, 0.6) is 0 Å². The first-order valence-corrected chi connectivity index (χ1v) is 4.46. The predicted molar refractivity (Wildman–Crippen MR) is 42.2 cm³/mol. The molecule has 11 heavy (non-hydrogen) atoms. The van der Waals surface area contributed by atoms with Crippen molar-refractivity contribution in [3.63, 3.8) is 0 Å². The molecule has 0 atom stereocenters. The Labute approximate surface area is 68.5 Å². The fraction of sp³-hybridized carbons (Fsp3) is 0.600. The molecule has 0 aromatic carbocycles. The molecule has 0 unspecified atom stereocenters. The third-order valence-electron chi connectivity index (χ3n) is 1.22. The highest BCUT2D eigenvalue weighted by molar-refractivity contribution is 7.98. The molecule has 4 amide bonds. The second kappa shape index (κ2) is 3.47. The smallest absolute Gasteiger partial charge is 0.320 e. The van der Waals surface area contributed by atoms with E-state index in [1.807, 2.05) is 6.26 Å². The number of nitrogens with one attached hydrogen (secondary N) is 2. The molecule has 6 heteroatoms. The van der Waals surface area contributed by atoms with Crippen LogP contribution in [0.4, 0.5) is 9.59 Å². The van der Waals surface area contributed by atoms with E-state index < -0.39 is 6.03 Å². The van der Waals surface area contributed by atoms with Crippen LogP contribution >= 0.6 is 11.8 Å². The number of hydrogen-bond donors (Lipinski definition) is 2. The van der Waals surface area contributed by atoms with Gasteiger partial charge >= 0.3 is 12.1 Å². The van der Waals surface area contributed by atoms with Crippen molar-refractivity contribution in [2.24, 2.45) is 0 Å². The van der Waals surface area contributed by atoms with Crippen LogP contribution < -0.4 is 10.6 Å². The Morgan fingerprint density at radius 3 is 2.91 bits per heavy atom. The number of rotatable bonds is 2. The van der Waals surface area contributed by atoms with Gasteiger partial charge in [0, 0.05) is 0 Å². The van der Waals surface area contributed by atoms with E-state index in [9.17, 15) is 9.59 Å². The van der Waals surface area contributed by atoms with E-state index in [-0.39, 0.29) is 6.03 Å². The Morgan fingerprint density at radius 1 is 1.64 bits per heavy atom. The monoisotopic (exact) mass is 175 g/mol. The maximum atomic E-state index is 10.9. The number of nitrogens with zero attached hydrogens (tertiary/aromatic N) is 1. The van der Waals surface area contributed by atoms with E-state index in [2.05, 4.69) is 10.6 Å². The Bertz CT molecular complexity index is 185. The van der Waals surface area contributed by atoms with E-state index in [1.54, 1.807) is 0 Å². The minimum Gasteiger partial charge on any atom is -0.320 e. The number of carbonyl (C=O) groups excluding carboxylic acids is 2. The second-order valence-electron chi connectivity index (χ2n) is 2.05. The summed E-state index contributed by atoms with van der Waals surface area (Å²) in [7, 11) is 0. The molecule has 1 heterocycles. The molecule has 0 aromatic heterocycles. The van der Waals surface area contributed by atoms with E-state index in [0.29, 0.717) is 12.5 Å². The van der Waals surface area contributed by atoms with Gasteiger partial charge in [-0.1, -0.05) is 0 Å². The number of imide groups is 1. The molecule has 0 saturated carbocycles. The van der Waals surface area contributed by atoms with Gasteiger partial charge in [-0.25, -0.2) is 9.59 Å². The summed E-state index contributed by atoms with van der Waals surface area (Å²) in [5.41, 5.74) is 0. The number of urea groups is 2. The Hall–Kier alpha value is -0.910. The highest BCUT2D eigenvalue weighted by atomic mass is 32.2. The van der Waals surface area contributed by atoms with E-state index in [4.69, 9.17) is 0 Å². The summed E-state index contributed by atoms with van der Waals surface area (Å²) < 4.78 is 0. The topological polar surface area (TPSA) is 61.4 Å². The van der Waals surface area contributed by atoms with Gasteiger partial charge in [0.1, 0.15) is 0 Å². The maximum Gasteiger partial charge on any atom is 0.327 e. The third-order valence-corrected chi connectivity index (χ3v) is 1.79. The standard InChI is InChI=1S/C5H9N3O2S/c1-11-3-8-2-6-4(9)7-5(8)10/h2-3H2,1H3,(H2,6,7,9,10). The fourth-order valence-electron chi connectivity index (χ4n) is 0.720. The van der Waals surface area contributed by atoms with Gasteiger partial charge in [-0.05, 0) is 6.26 Å². The predicted octanol–water partition coefficient (Wildman–Crippen LogP) is -0.000800. The normalized spacial score (nSPS) is 17.7. The lowest BCUT2D eigenvalue weighted by Gasteiger charge is -2.26. The minimum atomic E-state index is -0.424. The summed E-state index contributed by atoms with van der Waals surface area (Å²) in [6.07, 6.45) is 1.89. The van der Waals surface area contributed by atoms with Crippen molar-refractivity contribution in [2.75, 3.05) is 18.8 Å². The molecule has 0 radical (unpaired) electrons. The second-order valence-corrected chi connectivity index (χ2v) is 2.89. The van der Waals surface area contributed by atoms with Gasteiger partial charge in [0.05, 0.1) is 12.5 Å². The molecule has 62 valence electrons. The van der Waals surface area contributed by atoms with Gasteiger partial charge in [-0.15, -0.1) is 11.8 Å². The molecule has 0 spiro atoms. The molecular weight excluding hydrogens is 166 g/mol. The zero-order chi connectivity index (χ0) is 8.27. The van der Waals surface area contributed by atoms with Crippen molar-refractivity contribution in [3.05, 3.63) is 0 Å². The van der Waals surface area contributed by atoms with Gasteiger partial charge in [0.15, 0.2) is 0 Å². The fourth-order valence-corrected chi connectivity index (χ4v) is 1.24. The first kappa shape index (κ1) is 8.19. The Balaban J connectivity index is 2.44. The number of hydrogen-bond acceptors (Lipinski definition) is 3. The van der Waals surface area contributed by atoms with Crippen LogP contribution in [0.1, 0.15) is 0 Å². The summed E-state index contributed by atoms with van der Waals surface area (Å²) >= 11 is 1.53. The Kier molecular flexibility index (Phi) is 2.58. The zero-order valence-corrected chi connectivity index (χ0v) is 6.90. The molecule has 1 aliphatic rings. The molecule has 2 N–H and O–H groups in total. The summed E-state index contributed by atoms with van der Waals surface area (Å²) in [6, 6.07) is -0.754. The number of amides is 4. The van der Waals surface area contributed by atoms with E-state index >= 15 is 0 Å². The van der Waals surface area contributed by atoms with Crippen LogP contribution in [0.25, 0.3) is 0 Å². The van der Waals surface area contributed by atoms with Crippen molar-refractivity contribution < 1.29 is 9.59 Å². The molecule has 1 rings (SSSR count). The summed E-state index contributed by atoms with van der Waals surface area (Å²) in [5.74, 6) is 0.589. The van der Waals surface area contributed by atoms with E-state index in [1.165, 1.54) is 16.7 Å². The molecule has 0 aliphatic carbocycles. The van der Waals surface area contributed by atoms with Crippen molar-refractivity contribution in [3.8, 4) is 0 Å². The summed E-state index contributed by atoms with van der Waals surface area (Å²) in [5, 5.41) is 4.63. The molecule has 1 fully saturated rings. The molecule has 0 aromatic rings. The first-order chi connectivity index (χ1) is 5.24. The van der Waals surface area contributed by atoms with Crippen molar-refractivity contribution in [1.82, 2.24) is 15.5 Å². The lowest BCUT2D eigenvalue weighted by Crippen LogP contribution is -2.57. The number of carbonyl (C=O) groups is 2. The highest BCUT2D eigenvalue weighted by Crippen LogP contribution is 2.00. The molecule has 1 saturated heterocycles. The van der Waals surface area contributed by atoms with E-state index in [0.717, 1.165) is 0 Å². The third kappa shape index (κ3) is 2.01. The van der Waals surface area contributed by atoms with Crippen molar-refractivity contribution >= 4 is 23.8 Å². The zero-order valence-electron chi connectivity index (χ0n) is 6.09.